The second-order valence-electron chi connectivity index (χ2n) is 7.79. The summed E-state index contributed by atoms with van der Waals surface area (Å²) in [5, 5.41) is 0. The number of hydrogen-bond acceptors (Lipinski definition) is 6. The first-order valence-electron chi connectivity index (χ1n) is 10.8. The molecule has 180 valence electrons. The van der Waals surface area contributed by atoms with Gasteiger partial charge in [-0.25, -0.2) is 11.7 Å². The van der Waals surface area contributed by atoms with Gasteiger partial charge in [0.2, 0.25) is 0 Å². The molecule has 3 aromatic rings. The van der Waals surface area contributed by atoms with E-state index in [1.54, 1.807) is 30.3 Å². The van der Waals surface area contributed by atoms with E-state index in [2.05, 4.69) is 24.0 Å². The number of rotatable bonds is 10. The highest BCUT2D eigenvalue weighted by Crippen LogP contribution is 2.32. The van der Waals surface area contributed by atoms with E-state index in [-0.39, 0.29) is 13.2 Å². The average molecular weight is 473 g/mol. The van der Waals surface area contributed by atoms with Crippen LogP contribution >= 0.6 is 0 Å². The fourth-order valence-electron chi connectivity index (χ4n) is 3.38. The van der Waals surface area contributed by atoms with Gasteiger partial charge in [0.15, 0.2) is 0 Å². The van der Waals surface area contributed by atoms with Crippen LogP contribution in [0.3, 0.4) is 0 Å². The minimum Gasteiger partial charge on any atom is -0.489 e. The molecule has 2 amide bonds. The number of carbonyl (C=O) groups is 2. The van der Waals surface area contributed by atoms with Crippen LogP contribution in [-0.4, -0.2) is 25.0 Å². The third kappa shape index (κ3) is 6.14. The number of hydrazine groups is 2. The van der Waals surface area contributed by atoms with Crippen molar-refractivity contribution in [1.29, 1.82) is 0 Å². The van der Waals surface area contributed by atoms with Crippen molar-refractivity contribution in [3.05, 3.63) is 96.6 Å². The maximum Gasteiger partial charge on any atom is 0.268 e. The topological polar surface area (TPSA) is 129 Å². The smallest absolute Gasteiger partial charge is 0.268 e. The fourth-order valence-corrected chi connectivity index (χ4v) is 3.38. The molecule has 3 aromatic carbocycles. The monoisotopic (exact) mass is 472 g/mol. The molecular formula is C27H28N4O4. The van der Waals surface area contributed by atoms with E-state index in [1.807, 2.05) is 43.3 Å². The number of benzene rings is 3. The lowest BCUT2D eigenvalue weighted by Crippen LogP contribution is -2.30. The zero-order chi connectivity index (χ0) is 25.4. The molecule has 0 radical (unpaired) electrons. The van der Waals surface area contributed by atoms with Crippen molar-refractivity contribution in [2.45, 2.75) is 6.92 Å². The highest BCUT2D eigenvalue weighted by atomic mass is 16.5. The molecule has 35 heavy (non-hydrogen) atoms. The summed E-state index contributed by atoms with van der Waals surface area (Å²) in [6, 6.07) is 18.4. The Kier molecular flexibility index (Phi) is 8.39. The number of hydrogen-bond donors (Lipinski definition) is 4. The van der Waals surface area contributed by atoms with Crippen molar-refractivity contribution < 1.29 is 19.1 Å². The lowest BCUT2D eigenvalue weighted by molar-refractivity contribution is 0.0942. The van der Waals surface area contributed by atoms with Crippen LogP contribution in [0.1, 0.15) is 27.6 Å². The van der Waals surface area contributed by atoms with Crippen molar-refractivity contribution in [3.63, 3.8) is 0 Å². The Morgan fingerprint density at radius 2 is 1.23 bits per heavy atom. The minimum atomic E-state index is -0.442. The molecule has 0 spiro atoms. The Morgan fingerprint density at radius 1 is 0.800 bits per heavy atom. The number of carbonyl (C=O) groups excluding carboxylic acids is 2. The van der Waals surface area contributed by atoms with Gasteiger partial charge in [-0.3, -0.25) is 20.4 Å². The van der Waals surface area contributed by atoms with Gasteiger partial charge in [-0.05, 0) is 59.0 Å². The fraction of sp³-hybridized carbons (Fsp3) is 0.111. The molecule has 3 rings (SSSR count). The predicted molar refractivity (Wildman–Crippen MR) is 137 cm³/mol. The molecule has 0 aromatic heterocycles. The first-order valence-corrected chi connectivity index (χ1v) is 10.8. The normalized spacial score (nSPS) is 10.3. The molecule has 8 nitrogen and oxygen atoms in total. The van der Waals surface area contributed by atoms with Crippen LogP contribution in [0.5, 0.6) is 11.5 Å². The van der Waals surface area contributed by atoms with Gasteiger partial charge in [0, 0.05) is 0 Å². The second-order valence-corrected chi connectivity index (χ2v) is 7.79. The molecule has 0 aliphatic rings. The SMILES string of the molecule is C=CCOc1cc(-c2ccc(-c3ccc(C(=O)NN)c(OCC(=C)C)c3)cc2)ccc1C(=O)NN. The number of amides is 2. The number of nitrogens with two attached hydrogens (primary N) is 2. The van der Waals surface area contributed by atoms with Gasteiger partial charge in [-0.15, -0.1) is 0 Å². The van der Waals surface area contributed by atoms with Gasteiger partial charge in [0.25, 0.3) is 11.8 Å². The first-order chi connectivity index (χ1) is 16.9. The molecule has 0 saturated heterocycles. The second kappa shape index (κ2) is 11.6. The molecule has 6 N–H and O–H groups in total. The third-order valence-electron chi connectivity index (χ3n) is 5.10. The molecular weight excluding hydrogens is 444 g/mol. The van der Waals surface area contributed by atoms with Crippen LogP contribution in [0.25, 0.3) is 22.3 Å². The van der Waals surface area contributed by atoms with Crippen molar-refractivity contribution in [1.82, 2.24) is 10.9 Å². The summed E-state index contributed by atoms with van der Waals surface area (Å²) in [5.74, 6) is 10.5. The molecule has 0 bridgehead atoms. The maximum absolute atomic E-state index is 12.1. The van der Waals surface area contributed by atoms with E-state index in [4.69, 9.17) is 21.2 Å². The van der Waals surface area contributed by atoms with E-state index >= 15 is 0 Å². The standard InChI is InChI=1S/C27H28N4O4/c1-4-13-34-24-14-20(9-11-22(24)26(32)30-28)18-5-7-19(8-6-18)21-10-12-23(27(33)31-29)25(15-21)35-16-17(2)3/h4-12,14-15H,1-2,13,16,28-29H2,3H3,(H,30,32)(H,31,33). The van der Waals surface area contributed by atoms with Crippen molar-refractivity contribution >= 4 is 11.8 Å². The molecule has 0 heterocycles. The Balaban J connectivity index is 1.93. The van der Waals surface area contributed by atoms with E-state index in [0.29, 0.717) is 22.6 Å². The van der Waals surface area contributed by atoms with Crippen LogP contribution in [0, 0.1) is 0 Å². The van der Waals surface area contributed by atoms with Gasteiger partial charge >= 0.3 is 0 Å². The molecule has 8 heteroatoms. The van der Waals surface area contributed by atoms with E-state index in [1.165, 1.54) is 0 Å². The Bertz CT molecular complexity index is 1250. The number of nitrogen functional groups attached to an aromatic ring is 2. The summed E-state index contributed by atoms with van der Waals surface area (Å²) < 4.78 is 11.4. The lowest BCUT2D eigenvalue weighted by Gasteiger charge is -2.14. The Labute approximate surface area is 204 Å². The summed E-state index contributed by atoms with van der Waals surface area (Å²) in [7, 11) is 0. The van der Waals surface area contributed by atoms with Gasteiger partial charge in [0.05, 0.1) is 11.1 Å². The third-order valence-corrected chi connectivity index (χ3v) is 5.10. The van der Waals surface area contributed by atoms with Gasteiger partial charge in [-0.1, -0.05) is 55.6 Å². The van der Waals surface area contributed by atoms with Crippen LogP contribution < -0.4 is 32.0 Å². The summed E-state index contributed by atoms with van der Waals surface area (Å²) in [6.45, 7) is 9.85. The zero-order valence-corrected chi connectivity index (χ0v) is 19.5. The number of nitrogens with one attached hydrogen (secondary N) is 2. The zero-order valence-electron chi connectivity index (χ0n) is 19.5. The van der Waals surface area contributed by atoms with E-state index < -0.39 is 11.8 Å². The van der Waals surface area contributed by atoms with Gasteiger partial charge in [-0.2, -0.15) is 0 Å². The maximum atomic E-state index is 12.1. The molecule has 0 aliphatic heterocycles. The number of ether oxygens (including phenoxy) is 2. The highest BCUT2D eigenvalue weighted by Gasteiger charge is 2.15. The van der Waals surface area contributed by atoms with Gasteiger partial charge in [0.1, 0.15) is 24.7 Å². The largest absolute Gasteiger partial charge is 0.489 e. The van der Waals surface area contributed by atoms with Crippen molar-refractivity contribution in [2.24, 2.45) is 11.7 Å². The van der Waals surface area contributed by atoms with E-state index in [0.717, 1.165) is 27.8 Å². The quantitative estimate of drug-likeness (QED) is 0.154. The van der Waals surface area contributed by atoms with Crippen LogP contribution in [0.15, 0.2) is 85.5 Å². The predicted octanol–water partition coefficient (Wildman–Crippen LogP) is 3.75. The summed E-state index contributed by atoms with van der Waals surface area (Å²) in [4.78, 5) is 24.2. The lowest BCUT2D eigenvalue weighted by atomic mass is 9.98. The summed E-state index contributed by atoms with van der Waals surface area (Å²) >= 11 is 0. The Hall–Kier alpha value is -4.40. The summed E-state index contributed by atoms with van der Waals surface area (Å²) in [6.07, 6.45) is 1.60. The molecule has 0 unspecified atom stereocenters. The van der Waals surface area contributed by atoms with Crippen LogP contribution in [-0.2, 0) is 0 Å². The highest BCUT2D eigenvalue weighted by molar-refractivity contribution is 5.98. The van der Waals surface area contributed by atoms with Crippen molar-refractivity contribution in [2.75, 3.05) is 13.2 Å². The van der Waals surface area contributed by atoms with E-state index in [9.17, 15) is 9.59 Å². The summed E-state index contributed by atoms with van der Waals surface area (Å²) in [5.41, 5.74) is 9.34. The van der Waals surface area contributed by atoms with Gasteiger partial charge < -0.3 is 9.47 Å². The van der Waals surface area contributed by atoms with Crippen molar-refractivity contribution in [3.8, 4) is 33.8 Å². The van der Waals surface area contributed by atoms with Crippen LogP contribution in [0.2, 0.25) is 0 Å². The van der Waals surface area contributed by atoms with Crippen LogP contribution in [0.4, 0.5) is 0 Å². The first kappa shape index (κ1) is 25.2. The molecule has 0 aliphatic carbocycles. The minimum absolute atomic E-state index is 0.251. The molecule has 0 atom stereocenters. The molecule has 0 fully saturated rings. The average Bonchev–Trinajstić information content (AvgIpc) is 2.89. The molecule has 0 saturated carbocycles. The Morgan fingerprint density at radius 3 is 1.63 bits per heavy atom.